The minimum Gasteiger partial charge on any atom is -0.354 e. The van der Waals surface area contributed by atoms with Crippen molar-refractivity contribution in [2.24, 2.45) is 0 Å². The third-order valence-electron chi connectivity index (χ3n) is 2.06. The van der Waals surface area contributed by atoms with Crippen LogP contribution in [0.1, 0.15) is 26.0 Å². The summed E-state index contributed by atoms with van der Waals surface area (Å²) in [6.45, 7) is 5.24. The summed E-state index contributed by atoms with van der Waals surface area (Å²) in [6.07, 6.45) is 0.492. The maximum atomic E-state index is 11.3. The number of carbonyl (C=O) groups is 1. The fraction of sp³-hybridized carbons (Fsp3) is 0.500. The summed E-state index contributed by atoms with van der Waals surface area (Å²) >= 11 is 3.32. The zero-order chi connectivity index (χ0) is 12.7. The van der Waals surface area contributed by atoms with Crippen LogP contribution in [-0.2, 0) is 11.3 Å². The van der Waals surface area contributed by atoms with Gasteiger partial charge < -0.3 is 10.6 Å². The Morgan fingerprint density at radius 2 is 2.24 bits per heavy atom. The maximum Gasteiger partial charge on any atom is 0.221 e. The highest BCUT2D eigenvalue weighted by Crippen LogP contribution is 2.05. The van der Waals surface area contributed by atoms with E-state index < -0.39 is 0 Å². The van der Waals surface area contributed by atoms with E-state index in [1.807, 2.05) is 32.0 Å². The quantitative estimate of drug-likeness (QED) is 0.623. The Kier molecular flexibility index (Phi) is 6.15. The van der Waals surface area contributed by atoms with Gasteiger partial charge in [-0.05, 0) is 41.9 Å². The molecule has 5 heteroatoms. The molecule has 1 heterocycles. The molecule has 0 aliphatic rings. The Morgan fingerprint density at radius 1 is 1.47 bits per heavy atom. The third-order valence-corrected chi connectivity index (χ3v) is 2.50. The first-order chi connectivity index (χ1) is 8.08. The second-order valence-corrected chi connectivity index (χ2v) is 4.91. The van der Waals surface area contributed by atoms with Gasteiger partial charge in [0.15, 0.2) is 0 Å². The average Bonchev–Trinajstić information content (AvgIpc) is 2.23. The fourth-order valence-electron chi connectivity index (χ4n) is 1.36. The van der Waals surface area contributed by atoms with Gasteiger partial charge in [0, 0.05) is 25.6 Å². The Balaban J connectivity index is 2.18. The Morgan fingerprint density at radius 3 is 2.88 bits per heavy atom. The largest absolute Gasteiger partial charge is 0.354 e. The van der Waals surface area contributed by atoms with Crippen molar-refractivity contribution in [3.63, 3.8) is 0 Å². The van der Waals surface area contributed by atoms with Gasteiger partial charge in [0.2, 0.25) is 5.91 Å². The summed E-state index contributed by atoms with van der Waals surface area (Å²) in [4.78, 5) is 15.6. The molecule has 4 nitrogen and oxygen atoms in total. The van der Waals surface area contributed by atoms with Crippen molar-refractivity contribution >= 4 is 21.8 Å². The Hall–Kier alpha value is -0.940. The molecule has 0 bridgehead atoms. The van der Waals surface area contributed by atoms with Gasteiger partial charge in [0.1, 0.15) is 4.60 Å². The number of nitrogens with zero attached hydrogens (tertiary/aromatic N) is 1. The number of pyridine rings is 1. The standard InChI is InChI=1S/C12H18BrN3O/c1-9(2)15-12(17)6-7-14-8-10-4-3-5-11(13)16-10/h3-5,9,14H,6-8H2,1-2H3,(H,15,17). The van der Waals surface area contributed by atoms with Crippen LogP contribution in [0, 0.1) is 0 Å². The normalized spacial score (nSPS) is 10.6. The van der Waals surface area contributed by atoms with E-state index >= 15 is 0 Å². The molecule has 0 aliphatic heterocycles. The molecule has 0 aromatic carbocycles. The van der Waals surface area contributed by atoms with Crippen LogP contribution >= 0.6 is 15.9 Å². The molecule has 0 aliphatic carbocycles. The highest BCUT2D eigenvalue weighted by Gasteiger charge is 2.02. The highest BCUT2D eigenvalue weighted by atomic mass is 79.9. The van der Waals surface area contributed by atoms with Crippen LogP contribution in [0.25, 0.3) is 0 Å². The number of aromatic nitrogens is 1. The zero-order valence-electron chi connectivity index (χ0n) is 10.2. The fourth-order valence-corrected chi connectivity index (χ4v) is 1.74. The van der Waals surface area contributed by atoms with Crippen molar-refractivity contribution in [2.45, 2.75) is 32.9 Å². The van der Waals surface area contributed by atoms with Crippen LogP contribution in [0.15, 0.2) is 22.8 Å². The van der Waals surface area contributed by atoms with Gasteiger partial charge in [-0.1, -0.05) is 6.07 Å². The number of rotatable bonds is 6. The van der Waals surface area contributed by atoms with Crippen LogP contribution in [0.5, 0.6) is 0 Å². The number of amides is 1. The number of carbonyl (C=O) groups excluding carboxylic acids is 1. The zero-order valence-corrected chi connectivity index (χ0v) is 11.8. The number of nitrogens with one attached hydrogen (secondary N) is 2. The molecule has 0 fully saturated rings. The molecule has 2 N–H and O–H groups in total. The Bertz CT molecular complexity index is 369. The number of hydrogen-bond donors (Lipinski definition) is 2. The van der Waals surface area contributed by atoms with Gasteiger partial charge in [0.25, 0.3) is 0 Å². The molecular weight excluding hydrogens is 282 g/mol. The van der Waals surface area contributed by atoms with E-state index in [4.69, 9.17) is 0 Å². The predicted molar refractivity (Wildman–Crippen MR) is 71.5 cm³/mol. The minimum absolute atomic E-state index is 0.0784. The number of hydrogen-bond acceptors (Lipinski definition) is 3. The molecule has 1 aromatic heterocycles. The summed E-state index contributed by atoms with van der Waals surface area (Å²) < 4.78 is 0.828. The van der Waals surface area contributed by atoms with Gasteiger partial charge >= 0.3 is 0 Å². The lowest BCUT2D eigenvalue weighted by atomic mass is 10.3. The lowest BCUT2D eigenvalue weighted by molar-refractivity contribution is -0.121. The predicted octanol–water partition coefficient (Wildman–Crippen LogP) is 1.85. The molecule has 0 saturated heterocycles. The van der Waals surface area contributed by atoms with Crippen molar-refractivity contribution in [1.82, 2.24) is 15.6 Å². The summed E-state index contributed by atoms with van der Waals surface area (Å²) in [5, 5.41) is 6.04. The molecule has 0 saturated carbocycles. The van der Waals surface area contributed by atoms with E-state index in [1.165, 1.54) is 0 Å². The highest BCUT2D eigenvalue weighted by molar-refractivity contribution is 9.10. The maximum absolute atomic E-state index is 11.3. The molecule has 1 rings (SSSR count). The lowest BCUT2D eigenvalue weighted by Gasteiger charge is -2.08. The van der Waals surface area contributed by atoms with Crippen molar-refractivity contribution in [3.05, 3.63) is 28.5 Å². The molecule has 94 valence electrons. The van der Waals surface area contributed by atoms with E-state index in [2.05, 4.69) is 31.5 Å². The molecule has 0 spiro atoms. The molecule has 1 amide bonds. The van der Waals surface area contributed by atoms with E-state index in [0.29, 0.717) is 19.5 Å². The lowest BCUT2D eigenvalue weighted by Crippen LogP contribution is -2.32. The second kappa shape index (κ2) is 7.40. The van der Waals surface area contributed by atoms with Gasteiger partial charge in [-0.3, -0.25) is 4.79 Å². The van der Waals surface area contributed by atoms with Gasteiger partial charge in [-0.25, -0.2) is 4.98 Å². The summed E-state index contributed by atoms with van der Waals surface area (Å²) in [6, 6.07) is 5.99. The smallest absolute Gasteiger partial charge is 0.221 e. The van der Waals surface area contributed by atoms with Crippen LogP contribution in [0.4, 0.5) is 0 Å². The van der Waals surface area contributed by atoms with Gasteiger partial charge in [-0.15, -0.1) is 0 Å². The number of halogens is 1. The Labute approximate surface area is 110 Å². The molecule has 0 radical (unpaired) electrons. The van der Waals surface area contributed by atoms with Gasteiger partial charge in [0.05, 0.1) is 5.69 Å². The summed E-state index contributed by atoms with van der Waals surface area (Å²) in [5.41, 5.74) is 0.962. The van der Waals surface area contributed by atoms with E-state index in [0.717, 1.165) is 10.3 Å². The monoisotopic (exact) mass is 299 g/mol. The summed E-state index contributed by atoms with van der Waals surface area (Å²) in [5.74, 6) is 0.0784. The van der Waals surface area contributed by atoms with E-state index in [-0.39, 0.29) is 11.9 Å². The molecule has 17 heavy (non-hydrogen) atoms. The summed E-state index contributed by atoms with van der Waals surface area (Å²) in [7, 11) is 0. The average molecular weight is 300 g/mol. The first-order valence-corrected chi connectivity index (χ1v) is 6.48. The first kappa shape index (κ1) is 14.1. The SMILES string of the molecule is CC(C)NC(=O)CCNCc1cccc(Br)n1. The van der Waals surface area contributed by atoms with Crippen molar-refractivity contribution in [1.29, 1.82) is 0 Å². The molecule has 1 aromatic rings. The minimum atomic E-state index is 0.0784. The van der Waals surface area contributed by atoms with Gasteiger partial charge in [-0.2, -0.15) is 0 Å². The van der Waals surface area contributed by atoms with E-state index in [1.54, 1.807) is 0 Å². The molecular formula is C12H18BrN3O. The topological polar surface area (TPSA) is 54.0 Å². The second-order valence-electron chi connectivity index (χ2n) is 4.10. The van der Waals surface area contributed by atoms with Crippen LogP contribution in [-0.4, -0.2) is 23.5 Å². The molecule has 0 atom stereocenters. The van der Waals surface area contributed by atoms with Crippen molar-refractivity contribution < 1.29 is 4.79 Å². The van der Waals surface area contributed by atoms with E-state index in [9.17, 15) is 4.79 Å². The van der Waals surface area contributed by atoms with Crippen LogP contribution < -0.4 is 10.6 Å². The molecule has 0 unspecified atom stereocenters. The van der Waals surface area contributed by atoms with Crippen molar-refractivity contribution in [2.75, 3.05) is 6.54 Å². The first-order valence-electron chi connectivity index (χ1n) is 5.69. The third kappa shape index (κ3) is 6.38. The van der Waals surface area contributed by atoms with Crippen LogP contribution in [0.2, 0.25) is 0 Å². The van der Waals surface area contributed by atoms with Crippen molar-refractivity contribution in [3.8, 4) is 0 Å². The van der Waals surface area contributed by atoms with Crippen LogP contribution in [0.3, 0.4) is 0 Å².